The van der Waals surface area contributed by atoms with Gasteiger partial charge >= 0.3 is 0 Å². The summed E-state index contributed by atoms with van der Waals surface area (Å²) in [7, 11) is 0. The van der Waals surface area contributed by atoms with Gasteiger partial charge in [-0.1, -0.05) is 44.2 Å². The Labute approximate surface area is 132 Å². The van der Waals surface area contributed by atoms with Crippen molar-refractivity contribution in [3.05, 3.63) is 23.2 Å². The van der Waals surface area contributed by atoms with Crippen LogP contribution in [0.2, 0.25) is 5.02 Å². The number of nitrogens with zero attached hydrogens (tertiary/aromatic N) is 1. The van der Waals surface area contributed by atoms with Crippen molar-refractivity contribution in [1.29, 1.82) is 0 Å². The number of fused-ring (bicyclic) bond motifs is 1. The van der Waals surface area contributed by atoms with Crippen LogP contribution in [-0.4, -0.2) is 18.1 Å². The molecule has 1 aliphatic rings. The molecule has 0 bridgehead atoms. The molecule has 2 rings (SSSR count). The molecular formula is C17H24ClNO2. The molecule has 1 heterocycles. The molecule has 0 radical (unpaired) electrons. The monoisotopic (exact) mass is 309 g/mol. The van der Waals surface area contributed by atoms with Gasteiger partial charge < -0.3 is 9.64 Å². The summed E-state index contributed by atoms with van der Waals surface area (Å²) in [6, 6.07) is 5.46. The SMILES string of the molecule is CCCCCCCN1C(=O)C(C)(C)Oc2ccc(Cl)cc21. The first-order valence-electron chi connectivity index (χ1n) is 7.76. The largest absolute Gasteiger partial charge is 0.476 e. The molecule has 116 valence electrons. The fourth-order valence-electron chi connectivity index (χ4n) is 2.64. The molecule has 0 unspecified atom stereocenters. The fourth-order valence-corrected chi connectivity index (χ4v) is 2.80. The lowest BCUT2D eigenvalue weighted by Crippen LogP contribution is -2.52. The number of carbonyl (C=O) groups excluding carboxylic acids is 1. The van der Waals surface area contributed by atoms with Crippen LogP contribution in [0.15, 0.2) is 18.2 Å². The smallest absolute Gasteiger partial charge is 0.270 e. The number of anilines is 1. The summed E-state index contributed by atoms with van der Waals surface area (Å²) >= 11 is 6.07. The van der Waals surface area contributed by atoms with Gasteiger partial charge in [0.2, 0.25) is 0 Å². The van der Waals surface area contributed by atoms with Gasteiger partial charge in [-0.2, -0.15) is 0 Å². The first-order chi connectivity index (χ1) is 9.95. The fraction of sp³-hybridized carbons (Fsp3) is 0.588. The maximum Gasteiger partial charge on any atom is 0.270 e. The summed E-state index contributed by atoms with van der Waals surface area (Å²) in [5, 5.41) is 0.626. The molecule has 3 nitrogen and oxygen atoms in total. The number of hydrogen-bond acceptors (Lipinski definition) is 2. The van der Waals surface area contributed by atoms with Gasteiger partial charge in [0.1, 0.15) is 5.75 Å². The number of rotatable bonds is 6. The average Bonchev–Trinajstić information content (AvgIpc) is 2.43. The predicted octanol–water partition coefficient (Wildman–Crippen LogP) is 4.81. The zero-order valence-electron chi connectivity index (χ0n) is 13.1. The van der Waals surface area contributed by atoms with Gasteiger partial charge in [0.15, 0.2) is 5.60 Å². The van der Waals surface area contributed by atoms with E-state index >= 15 is 0 Å². The third-order valence-corrected chi connectivity index (χ3v) is 4.06. The van der Waals surface area contributed by atoms with Crippen molar-refractivity contribution in [3.63, 3.8) is 0 Å². The minimum Gasteiger partial charge on any atom is -0.476 e. The van der Waals surface area contributed by atoms with E-state index in [9.17, 15) is 4.79 Å². The van der Waals surface area contributed by atoms with Gasteiger partial charge in [0, 0.05) is 11.6 Å². The van der Waals surface area contributed by atoms with Crippen LogP contribution < -0.4 is 9.64 Å². The maximum absolute atomic E-state index is 12.6. The van der Waals surface area contributed by atoms with Crippen LogP contribution in [0.25, 0.3) is 0 Å². The van der Waals surface area contributed by atoms with Crippen molar-refractivity contribution in [3.8, 4) is 5.75 Å². The van der Waals surface area contributed by atoms with E-state index in [1.54, 1.807) is 6.07 Å². The number of benzene rings is 1. The number of amides is 1. The van der Waals surface area contributed by atoms with Gasteiger partial charge in [0.05, 0.1) is 5.69 Å². The molecule has 0 N–H and O–H groups in total. The van der Waals surface area contributed by atoms with Crippen LogP contribution >= 0.6 is 11.6 Å². The number of ether oxygens (including phenoxy) is 1. The molecule has 4 heteroatoms. The van der Waals surface area contributed by atoms with Crippen molar-refractivity contribution in [2.24, 2.45) is 0 Å². The Bertz CT molecular complexity index is 514. The first kappa shape index (κ1) is 16.2. The molecule has 1 amide bonds. The highest BCUT2D eigenvalue weighted by atomic mass is 35.5. The highest BCUT2D eigenvalue weighted by molar-refractivity contribution is 6.31. The molecule has 0 saturated heterocycles. The van der Waals surface area contributed by atoms with Crippen molar-refractivity contribution >= 4 is 23.2 Å². The normalized spacial score (nSPS) is 16.6. The van der Waals surface area contributed by atoms with Gasteiger partial charge in [-0.25, -0.2) is 0 Å². The van der Waals surface area contributed by atoms with Gasteiger partial charge in [-0.05, 0) is 38.5 Å². The lowest BCUT2D eigenvalue weighted by Gasteiger charge is -2.39. The van der Waals surface area contributed by atoms with Crippen molar-refractivity contribution in [1.82, 2.24) is 0 Å². The van der Waals surface area contributed by atoms with E-state index in [0.717, 1.165) is 30.8 Å². The summed E-state index contributed by atoms with van der Waals surface area (Å²) in [6.07, 6.45) is 5.86. The molecule has 0 aromatic heterocycles. The van der Waals surface area contributed by atoms with E-state index in [1.165, 1.54) is 19.3 Å². The van der Waals surface area contributed by atoms with Crippen LogP contribution in [0.3, 0.4) is 0 Å². The lowest BCUT2D eigenvalue weighted by atomic mass is 10.0. The van der Waals surface area contributed by atoms with Gasteiger partial charge in [-0.3, -0.25) is 4.79 Å². The van der Waals surface area contributed by atoms with E-state index in [0.29, 0.717) is 5.02 Å². The highest BCUT2D eigenvalue weighted by Gasteiger charge is 2.40. The van der Waals surface area contributed by atoms with Gasteiger partial charge in [0.25, 0.3) is 5.91 Å². The van der Waals surface area contributed by atoms with E-state index in [2.05, 4.69) is 6.92 Å². The molecule has 0 aliphatic carbocycles. The number of unbranched alkanes of at least 4 members (excludes halogenated alkanes) is 4. The van der Waals surface area contributed by atoms with Crippen LogP contribution in [0.5, 0.6) is 5.75 Å². The molecule has 0 saturated carbocycles. The molecule has 0 atom stereocenters. The minimum absolute atomic E-state index is 0.00718. The third kappa shape index (κ3) is 3.70. The molecular weight excluding hydrogens is 286 g/mol. The van der Waals surface area contributed by atoms with Crippen molar-refractivity contribution in [2.45, 2.75) is 58.5 Å². The summed E-state index contributed by atoms with van der Waals surface area (Å²) in [4.78, 5) is 14.4. The molecule has 0 spiro atoms. The summed E-state index contributed by atoms with van der Waals surface area (Å²) in [5.74, 6) is 0.741. The minimum atomic E-state index is -0.815. The second kappa shape index (κ2) is 6.69. The zero-order valence-corrected chi connectivity index (χ0v) is 13.9. The molecule has 1 aromatic rings. The van der Waals surface area contributed by atoms with Crippen LogP contribution in [0.1, 0.15) is 52.9 Å². The van der Waals surface area contributed by atoms with E-state index in [-0.39, 0.29) is 5.91 Å². The number of hydrogen-bond donors (Lipinski definition) is 0. The Morgan fingerprint density at radius 3 is 2.62 bits per heavy atom. The summed E-state index contributed by atoms with van der Waals surface area (Å²) in [5.41, 5.74) is -0.0214. The third-order valence-electron chi connectivity index (χ3n) is 3.82. The molecule has 1 aromatic carbocycles. The molecule has 21 heavy (non-hydrogen) atoms. The molecule has 1 aliphatic heterocycles. The Morgan fingerprint density at radius 1 is 1.19 bits per heavy atom. The quantitative estimate of drug-likeness (QED) is 0.705. The van der Waals surface area contributed by atoms with Crippen molar-refractivity contribution < 1.29 is 9.53 Å². The Hall–Kier alpha value is -1.22. The standard InChI is InChI=1S/C17H24ClNO2/c1-4-5-6-7-8-11-19-14-12-13(18)9-10-15(14)21-17(2,3)16(19)20/h9-10,12H,4-8,11H2,1-3H3. The average molecular weight is 310 g/mol. The zero-order chi connectivity index (χ0) is 15.5. The lowest BCUT2D eigenvalue weighted by molar-refractivity contribution is -0.132. The second-order valence-electron chi connectivity index (χ2n) is 6.10. The van der Waals surface area contributed by atoms with E-state index in [4.69, 9.17) is 16.3 Å². The van der Waals surface area contributed by atoms with E-state index < -0.39 is 5.60 Å². The Balaban J connectivity index is 2.14. The Morgan fingerprint density at radius 2 is 1.90 bits per heavy atom. The predicted molar refractivity (Wildman–Crippen MR) is 87.3 cm³/mol. The van der Waals surface area contributed by atoms with E-state index in [1.807, 2.05) is 30.9 Å². The Kier molecular flexibility index (Phi) is 5.15. The topological polar surface area (TPSA) is 29.5 Å². The first-order valence-corrected chi connectivity index (χ1v) is 8.14. The number of carbonyl (C=O) groups is 1. The van der Waals surface area contributed by atoms with Crippen LogP contribution in [-0.2, 0) is 4.79 Å². The number of halogens is 1. The second-order valence-corrected chi connectivity index (χ2v) is 6.53. The summed E-state index contributed by atoms with van der Waals surface area (Å²) in [6.45, 7) is 6.56. The summed E-state index contributed by atoms with van der Waals surface area (Å²) < 4.78 is 5.81. The van der Waals surface area contributed by atoms with Gasteiger partial charge in [-0.15, -0.1) is 0 Å². The van der Waals surface area contributed by atoms with Crippen LogP contribution in [0.4, 0.5) is 5.69 Å². The molecule has 0 fully saturated rings. The van der Waals surface area contributed by atoms with Crippen LogP contribution in [0, 0.1) is 0 Å². The maximum atomic E-state index is 12.6. The van der Waals surface area contributed by atoms with Crippen molar-refractivity contribution in [2.75, 3.05) is 11.4 Å². The highest BCUT2D eigenvalue weighted by Crippen LogP contribution is 2.39.